The summed E-state index contributed by atoms with van der Waals surface area (Å²) in [6.45, 7) is -1.25. The number of rotatable bonds is 4. The molecule has 0 spiro atoms. The van der Waals surface area contributed by atoms with Gasteiger partial charge in [0.1, 0.15) is 18.2 Å². The monoisotopic (exact) mass is 270 g/mol. The van der Waals surface area contributed by atoms with Crippen molar-refractivity contribution >= 4 is 5.97 Å². The van der Waals surface area contributed by atoms with E-state index in [1.54, 1.807) is 0 Å². The van der Waals surface area contributed by atoms with E-state index in [0.717, 1.165) is 0 Å². The van der Waals surface area contributed by atoms with Gasteiger partial charge in [-0.15, -0.1) is 0 Å². The molecule has 0 unspecified atom stereocenters. The summed E-state index contributed by atoms with van der Waals surface area (Å²) in [6, 6.07) is 1.45. The first-order valence-electron chi connectivity index (χ1n) is 4.57. The second kappa shape index (κ2) is 5.30. The van der Waals surface area contributed by atoms with Gasteiger partial charge in [0.15, 0.2) is 6.10 Å². The van der Waals surface area contributed by atoms with Crippen molar-refractivity contribution in [3.8, 4) is 0 Å². The molecule has 1 atom stereocenters. The predicted molar refractivity (Wildman–Crippen MR) is 48.7 cm³/mol. The molecular formula is C10H7F5O3. The average molecular weight is 270 g/mol. The topological polar surface area (TPSA) is 46.5 Å². The highest BCUT2D eigenvalue weighted by molar-refractivity contribution is 5.68. The van der Waals surface area contributed by atoms with E-state index in [0.29, 0.717) is 12.1 Å². The molecule has 1 rings (SSSR count). The van der Waals surface area contributed by atoms with Crippen LogP contribution in [0.15, 0.2) is 18.2 Å². The fourth-order valence-electron chi connectivity index (χ4n) is 1.23. The molecule has 3 nitrogen and oxygen atoms in total. The lowest BCUT2D eigenvalue weighted by molar-refractivity contribution is -0.225. The van der Waals surface area contributed by atoms with E-state index in [4.69, 9.17) is 5.11 Å². The van der Waals surface area contributed by atoms with Crippen LogP contribution in [0, 0.1) is 11.6 Å². The second-order valence-electron chi connectivity index (χ2n) is 3.29. The van der Waals surface area contributed by atoms with E-state index in [-0.39, 0.29) is 6.07 Å². The molecule has 0 aliphatic rings. The van der Waals surface area contributed by atoms with Crippen molar-refractivity contribution in [1.82, 2.24) is 0 Å². The third kappa shape index (κ3) is 3.66. The van der Waals surface area contributed by atoms with Crippen molar-refractivity contribution < 1.29 is 36.6 Å². The summed E-state index contributed by atoms with van der Waals surface area (Å²) in [5, 5.41) is 8.24. The molecule has 0 fully saturated rings. The van der Waals surface area contributed by atoms with Crippen LogP contribution in [0.3, 0.4) is 0 Å². The summed E-state index contributed by atoms with van der Waals surface area (Å²) >= 11 is 0. The van der Waals surface area contributed by atoms with Crippen LogP contribution in [-0.2, 0) is 9.53 Å². The van der Waals surface area contributed by atoms with Gasteiger partial charge in [-0.1, -0.05) is 6.07 Å². The second-order valence-corrected chi connectivity index (χ2v) is 3.29. The smallest absolute Gasteiger partial charge is 0.418 e. The van der Waals surface area contributed by atoms with Crippen LogP contribution < -0.4 is 0 Å². The van der Waals surface area contributed by atoms with E-state index in [9.17, 15) is 26.7 Å². The van der Waals surface area contributed by atoms with Crippen molar-refractivity contribution in [2.75, 3.05) is 6.61 Å². The van der Waals surface area contributed by atoms with Gasteiger partial charge in [-0.3, -0.25) is 0 Å². The van der Waals surface area contributed by atoms with Crippen LogP contribution in [0.25, 0.3) is 0 Å². The Balaban J connectivity index is 3.06. The van der Waals surface area contributed by atoms with Gasteiger partial charge in [0.25, 0.3) is 0 Å². The number of halogens is 5. The van der Waals surface area contributed by atoms with E-state index in [1.165, 1.54) is 0 Å². The summed E-state index contributed by atoms with van der Waals surface area (Å²) in [4.78, 5) is 10.2. The average Bonchev–Trinajstić information content (AvgIpc) is 2.18. The van der Waals surface area contributed by atoms with Gasteiger partial charge in [-0.25, -0.2) is 13.6 Å². The highest BCUT2D eigenvalue weighted by Gasteiger charge is 2.43. The SMILES string of the molecule is O=C(O)CO[C@@H](c1ccc(F)cc1F)C(F)(F)F. The number of aliphatic carboxylic acids is 1. The van der Waals surface area contributed by atoms with Crippen LogP contribution in [0.2, 0.25) is 0 Å². The zero-order valence-electron chi connectivity index (χ0n) is 8.67. The Morgan fingerprint density at radius 3 is 2.39 bits per heavy atom. The third-order valence-electron chi connectivity index (χ3n) is 1.92. The summed E-state index contributed by atoms with van der Waals surface area (Å²) in [7, 11) is 0. The van der Waals surface area contributed by atoms with Gasteiger partial charge in [-0.05, 0) is 6.07 Å². The highest BCUT2D eigenvalue weighted by Crippen LogP contribution is 2.37. The Morgan fingerprint density at radius 2 is 1.94 bits per heavy atom. The van der Waals surface area contributed by atoms with Crippen molar-refractivity contribution in [3.05, 3.63) is 35.4 Å². The fraction of sp³-hybridized carbons (Fsp3) is 0.300. The molecule has 0 heterocycles. The van der Waals surface area contributed by atoms with Crippen LogP contribution in [0.4, 0.5) is 22.0 Å². The van der Waals surface area contributed by atoms with Gasteiger partial charge in [0.2, 0.25) is 0 Å². The Kier molecular flexibility index (Phi) is 4.23. The Bertz CT molecular complexity index is 444. The lowest BCUT2D eigenvalue weighted by Gasteiger charge is -2.20. The molecule has 18 heavy (non-hydrogen) atoms. The van der Waals surface area contributed by atoms with Crippen molar-refractivity contribution in [2.45, 2.75) is 12.3 Å². The molecule has 0 bridgehead atoms. The maximum Gasteiger partial charge on any atom is 0.418 e. The number of hydrogen-bond acceptors (Lipinski definition) is 2. The van der Waals surface area contributed by atoms with Gasteiger partial charge in [0.05, 0.1) is 0 Å². The van der Waals surface area contributed by atoms with Crippen molar-refractivity contribution in [3.63, 3.8) is 0 Å². The van der Waals surface area contributed by atoms with Gasteiger partial charge in [0, 0.05) is 11.6 Å². The Labute approximate surface area is 97.8 Å². The van der Waals surface area contributed by atoms with Gasteiger partial charge < -0.3 is 9.84 Å². The number of ether oxygens (including phenoxy) is 1. The molecule has 8 heteroatoms. The molecule has 0 saturated carbocycles. The summed E-state index contributed by atoms with van der Waals surface area (Å²) in [5.74, 6) is -4.13. The van der Waals surface area contributed by atoms with E-state index in [1.807, 2.05) is 0 Å². The fourth-order valence-corrected chi connectivity index (χ4v) is 1.23. The maximum atomic E-state index is 13.2. The normalized spacial score (nSPS) is 13.4. The van der Waals surface area contributed by atoms with E-state index >= 15 is 0 Å². The first-order chi connectivity index (χ1) is 8.21. The summed E-state index contributed by atoms with van der Waals surface area (Å²) < 4.78 is 67.5. The molecule has 0 aliphatic carbocycles. The molecule has 100 valence electrons. The Morgan fingerprint density at radius 1 is 1.33 bits per heavy atom. The first-order valence-corrected chi connectivity index (χ1v) is 4.57. The summed E-state index contributed by atoms with van der Waals surface area (Å²) in [5.41, 5.74) is -0.967. The lowest BCUT2D eigenvalue weighted by Crippen LogP contribution is -2.26. The number of alkyl halides is 3. The standard InChI is InChI=1S/C10H7F5O3/c11-5-1-2-6(7(12)3-5)9(10(13,14)15)18-4-8(16)17/h1-3,9H,4H2,(H,16,17)/t9-/m0/s1. The number of carboxylic acid groups (broad SMARTS) is 1. The summed E-state index contributed by atoms with van der Waals surface area (Å²) in [6.07, 6.45) is -7.76. The van der Waals surface area contributed by atoms with Crippen LogP contribution in [0.5, 0.6) is 0 Å². The lowest BCUT2D eigenvalue weighted by atomic mass is 10.1. The minimum atomic E-state index is -5.01. The van der Waals surface area contributed by atoms with Crippen molar-refractivity contribution in [2.24, 2.45) is 0 Å². The largest absolute Gasteiger partial charge is 0.480 e. The molecule has 0 aromatic heterocycles. The minimum Gasteiger partial charge on any atom is -0.480 e. The quantitative estimate of drug-likeness (QED) is 0.855. The zero-order valence-corrected chi connectivity index (χ0v) is 8.67. The molecule has 1 N–H and O–H groups in total. The molecule has 0 radical (unpaired) electrons. The molecule has 1 aromatic carbocycles. The minimum absolute atomic E-state index is 0.262. The van der Waals surface area contributed by atoms with Crippen molar-refractivity contribution in [1.29, 1.82) is 0 Å². The number of carbonyl (C=O) groups is 1. The van der Waals surface area contributed by atoms with E-state index in [2.05, 4.69) is 4.74 Å². The van der Waals surface area contributed by atoms with Crippen LogP contribution in [0.1, 0.15) is 11.7 Å². The van der Waals surface area contributed by atoms with Crippen LogP contribution >= 0.6 is 0 Å². The number of carboxylic acids is 1. The number of hydrogen-bond donors (Lipinski definition) is 1. The van der Waals surface area contributed by atoms with Gasteiger partial charge >= 0.3 is 12.1 Å². The number of benzene rings is 1. The molecule has 0 aliphatic heterocycles. The van der Waals surface area contributed by atoms with Crippen LogP contribution in [-0.4, -0.2) is 23.9 Å². The first kappa shape index (κ1) is 14.4. The molecule has 0 saturated heterocycles. The molecular weight excluding hydrogens is 263 g/mol. The predicted octanol–water partition coefficient (Wildman–Crippen LogP) is 2.67. The molecule has 0 amide bonds. The van der Waals surface area contributed by atoms with E-state index < -0.39 is 42.1 Å². The Hall–Kier alpha value is -1.70. The maximum absolute atomic E-state index is 13.2. The zero-order chi connectivity index (χ0) is 13.9. The highest BCUT2D eigenvalue weighted by atomic mass is 19.4. The van der Waals surface area contributed by atoms with Gasteiger partial charge in [-0.2, -0.15) is 13.2 Å². The third-order valence-corrected chi connectivity index (χ3v) is 1.92. The molecule has 1 aromatic rings.